The van der Waals surface area contributed by atoms with Crippen molar-refractivity contribution in [3.05, 3.63) is 65.2 Å². The summed E-state index contributed by atoms with van der Waals surface area (Å²) in [4.78, 5) is 23.6. The predicted octanol–water partition coefficient (Wildman–Crippen LogP) is 5.48. The number of aldehydes is 1. The van der Waals surface area contributed by atoms with Gasteiger partial charge in [-0.25, -0.2) is 0 Å². The number of esters is 1. The second kappa shape index (κ2) is 8.38. The molecule has 4 heteroatoms. The van der Waals surface area contributed by atoms with Gasteiger partial charge in [-0.3, -0.25) is 4.79 Å². The molecule has 0 amide bonds. The highest BCUT2D eigenvalue weighted by molar-refractivity contribution is 5.67. The molecule has 0 saturated heterocycles. The summed E-state index contributed by atoms with van der Waals surface area (Å²) in [5.74, 6) is 1.96. The number of hydrogen-bond donors (Lipinski definition) is 0. The molecule has 2 aromatic carbocycles. The molecule has 0 N–H and O–H groups in total. The second-order valence-corrected chi connectivity index (χ2v) is 10.2. The molecule has 168 valence electrons. The van der Waals surface area contributed by atoms with Crippen LogP contribution in [0.15, 0.2) is 48.5 Å². The standard InChI is InChI=1S/C28H32O4/c1-18(30)32-27-21(16-29)15-26-25-10-8-20-14-22(31-17-19-6-4-3-5-7-19)9-11-23(20)24(25)12-13-28(26,27)2/h3-7,9,11,14,16,21,24-27H,8,10,12-13,15,17H2,1-2H3/t21-,24?,25?,26?,27-,28-/m0/s1. The molecule has 0 heterocycles. The van der Waals surface area contributed by atoms with Gasteiger partial charge in [0.25, 0.3) is 0 Å². The number of carbonyl (C=O) groups is 2. The van der Waals surface area contributed by atoms with Gasteiger partial charge in [0.1, 0.15) is 24.7 Å². The van der Waals surface area contributed by atoms with Crippen LogP contribution in [-0.4, -0.2) is 18.4 Å². The van der Waals surface area contributed by atoms with E-state index in [1.165, 1.54) is 23.6 Å². The number of rotatable bonds is 5. The summed E-state index contributed by atoms with van der Waals surface area (Å²) in [6.07, 6.45) is 5.82. The van der Waals surface area contributed by atoms with Crippen molar-refractivity contribution in [2.24, 2.45) is 23.2 Å². The molecule has 6 atom stereocenters. The summed E-state index contributed by atoms with van der Waals surface area (Å²) in [6, 6.07) is 16.9. The van der Waals surface area contributed by atoms with Crippen LogP contribution >= 0.6 is 0 Å². The Hall–Kier alpha value is -2.62. The summed E-state index contributed by atoms with van der Waals surface area (Å²) in [7, 11) is 0. The van der Waals surface area contributed by atoms with Gasteiger partial charge >= 0.3 is 5.97 Å². The van der Waals surface area contributed by atoms with Crippen LogP contribution in [-0.2, 0) is 27.4 Å². The minimum absolute atomic E-state index is 0.103. The highest BCUT2D eigenvalue weighted by atomic mass is 16.5. The number of ether oxygens (including phenoxy) is 2. The lowest BCUT2D eigenvalue weighted by Gasteiger charge is -2.50. The van der Waals surface area contributed by atoms with Gasteiger partial charge in [-0.15, -0.1) is 0 Å². The van der Waals surface area contributed by atoms with Crippen molar-refractivity contribution >= 4 is 12.3 Å². The molecular weight excluding hydrogens is 400 g/mol. The summed E-state index contributed by atoms with van der Waals surface area (Å²) < 4.78 is 11.8. The van der Waals surface area contributed by atoms with Crippen molar-refractivity contribution < 1.29 is 19.1 Å². The number of benzene rings is 2. The van der Waals surface area contributed by atoms with Gasteiger partial charge in [0.05, 0.1) is 5.92 Å². The van der Waals surface area contributed by atoms with E-state index in [4.69, 9.17) is 9.47 Å². The molecule has 32 heavy (non-hydrogen) atoms. The number of hydrogen-bond acceptors (Lipinski definition) is 4. The Balaban J connectivity index is 1.35. The number of carbonyl (C=O) groups excluding carboxylic acids is 2. The fourth-order valence-corrected chi connectivity index (χ4v) is 6.97. The summed E-state index contributed by atoms with van der Waals surface area (Å²) in [5, 5.41) is 0. The molecule has 3 unspecified atom stereocenters. The molecule has 0 aliphatic heterocycles. The van der Waals surface area contributed by atoms with Crippen LogP contribution in [0.1, 0.15) is 62.1 Å². The van der Waals surface area contributed by atoms with Gasteiger partial charge in [-0.1, -0.05) is 43.3 Å². The lowest BCUT2D eigenvalue weighted by Crippen LogP contribution is -2.46. The Kier molecular flexibility index (Phi) is 5.56. The third kappa shape index (κ3) is 3.64. The Morgan fingerprint density at radius 2 is 1.97 bits per heavy atom. The topological polar surface area (TPSA) is 52.6 Å². The summed E-state index contributed by atoms with van der Waals surface area (Å²) >= 11 is 0. The third-order valence-electron chi connectivity index (χ3n) is 8.42. The molecule has 2 saturated carbocycles. The highest BCUT2D eigenvalue weighted by Gasteiger charge is 2.59. The highest BCUT2D eigenvalue weighted by Crippen LogP contribution is 2.62. The minimum Gasteiger partial charge on any atom is -0.489 e. The van der Waals surface area contributed by atoms with E-state index in [1.807, 2.05) is 18.2 Å². The van der Waals surface area contributed by atoms with Crippen molar-refractivity contribution in [3.8, 4) is 5.75 Å². The van der Waals surface area contributed by atoms with Crippen molar-refractivity contribution in [2.75, 3.05) is 0 Å². The fourth-order valence-electron chi connectivity index (χ4n) is 6.97. The van der Waals surface area contributed by atoms with E-state index < -0.39 is 0 Å². The fraction of sp³-hybridized carbons (Fsp3) is 0.500. The average Bonchev–Trinajstić information content (AvgIpc) is 3.09. The SMILES string of the molecule is CC(=O)O[C@H]1[C@H](C=O)CC2C3CCc4cc(OCc5ccccc5)ccc4C3CC[C@@]21C. The molecule has 3 aliphatic rings. The smallest absolute Gasteiger partial charge is 0.302 e. The molecular formula is C28H32O4. The molecule has 5 rings (SSSR count). The van der Waals surface area contributed by atoms with E-state index in [2.05, 4.69) is 37.3 Å². The van der Waals surface area contributed by atoms with E-state index in [0.717, 1.165) is 44.1 Å². The molecule has 4 nitrogen and oxygen atoms in total. The van der Waals surface area contributed by atoms with E-state index in [9.17, 15) is 9.59 Å². The van der Waals surface area contributed by atoms with E-state index in [-0.39, 0.29) is 23.4 Å². The Bertz CT molecular complexity index is 1000. The van der Waals surface area contributed by atoms with Gasteiger partial charge in [-0.2, -0.15) is 0 Å². The average molecular weight is 433 g/mol. The molecule has 0 spiro atoms. The molecule has 0 bridgehead atoms. The van der Waals surface area contributed by atoms with Crippen LogP contribution in [0.4, 0.5) is 0 Å². The maximum absolute atomic E-state index is 11.8. The normalized spacial score (nSPS) is 32.9. The van der Waals surface area contributed by atoms with Gasteiger partial charge in [0.2, 0.25) is 0 Å². The number of aryl methyl sites for hydroxylation is 1. The van der Waals surface area contributed by atoms with Crippen LogP contribution in [0, 0.1) is 23.2 Å². The van der Waals surface area contributed by atoms with Gasteiger partial charge < -0.3 is 14.3 Å². The molecule has 2 fully saturated rings. The zero-order valence-corrected chi connectivity index (χ0v) is 19.0. The lowest BCUT2D eigenvalue weighted by atomic mass is 9.55. The first-order valence-electron chi connectivity index (χ1n) is 11.9. The number of fused-ring (bicyclic) bond motifs is 5. The van der Waals surface area contributed by atoms with Crippen molar-refractivity contribution in [1.29, 1.82) is 0 Å². The monoisotopic (exact) mass is 432 g/mol. The van der Waals surface area contributed by atoms with E-state index >= 15 is 0 Å². The molecule has 3 aliphatic carbocycles. The molecule has 0 aromatic heterocycles. The first kappa shape index (κ1) is 21.2. The van der Waals surface area contributed by atoms with Crippen molar-refractivity contribution in [2.45, 2.75) is 64.6 Å². The van der Waals surface area contributed by atoms with E-state index in [0.29, 0.717) is 24.4 Å². The zero-order valence-electron chi connectivity index (χ0n) is 19.0. The first-order chi connectivity index (χ1) is 15.5. The largest absolute Gasteiger partial charge is 0.489 e. The maximum Gasteiger partial charge on any atom is 0.302 e. The summed E-state index contributed by atoms with van der Waals surface area (Å²) in [5.41, 5.74) is 3.93. The van der Waals surface area contributed by atoms with Crippen LogP contribution in [0.25, 0.3) is 0 Å². The second-order valence-electron chi connectivity index (χ2n) is 10.2. The zero-order chi connectivity index (χ0) is 22.3. The minimum atomic E-state index is -0.279. The van der Waals surface area contributed by atoms with Crippen molar-refractivity contribution in [1.82, 2.24) is 0 Å². The van der Waals surface area contributed by atoms with Crippen LogP contribution in [0.3, 0.4) is 0 Å². The summed E-state index contributed by atoms with van der Waals surface area (Å²) in [6.45, 7) is 4.29. The van der Waals surface area contributed by atoms with Gasteiger partial charge in [-0.05, 0) is 78.7 Å². The predicted molar refractivity (Wildman–Crippen MR) is 122 cm³/mol. The van der Waals surface area contributed by atoms with Crippen LogP contribution in [0.2, 0.25) is 0 Å². The van der Waals surface area contributed by atoms with Crippen LogP contribution < -0.4 is 4.74 Å². The molecule has 0 radical (unpaired) electrons. The Morgan fingerprint density at radius 1 is 1.16 bits per heavy atom. The maximum atomic E-state index is 11.8. The first-order valence-corrected chi connectivity index (χ1v) is 11.9. The van der Waals surface area contributed by atoms with Gasteiger partial charge in [0, 0.05) is 12.3 Å². The molecule has 2 aromatic rings. The lowest BCUT2D eigenvalue weighted by molar-refractivity contribution is -0.158. The Labute approximate surface area is 190 Å². The Morgan fingerprint density at radius 3 is 2.72 bits per heavy atom. The van der Waals surface area contributed by atoms with Crippen molar-refractivity contribution in [3.63, 3.8) is 0 Å². The van der Waals surface area contributed by atoms with Gasteiger partial charge in [0.15, 0.2) is 0 Å². The quantitative estimate of drug-likeness (QED) is 0.464. The van der Waals surface area contributed by atoms with Crippen LogP contribution in [0.5, 0.6) is 5.75 Å². The van der Waals surface area contributed by atoms with E-state index in [1.54, 1.807) is 0 Å². The third-order valence-corrected chi connectivity index (χ3v) is 8.42.